The number of hydrogen-bond donors (Lipinski definition) is 1. The Kier molecular flexibility index (Phi) is 3.43. The highest BCUT2D eigenvalue weighted by molar-refractivity contribution is 7.19. The number of phenols is 1. The van der Waals surface area contributed by atoms with Crippen LogP contribution in [0.25, 0.3) is 21.0 Å². The molecule has 0 aliphatic carbocycles. The number of pyridine rings is 1. The summed E-state index contributed by atoms with van der Waals surface area (Å²) in [6.07, 6.45) is 2.57. The molecule has 0 radical (unpaired) electrons. The van der Waals surface area contributed by atoms with Crippen LogP contribution >= 0.6 is 11.3 Å². The van der Waals surface area contributed by atoms with E-state index in [2.05, 4.69) is 4.98 Å². The Labute approximate surface area is 142 Å². The standard InChI is InChI=1S/C19H13NO3S/c1-11-16(10-21)14-4-3-13(9-19(14)24-11)23-18-6-7-20-17-5-2-12(22)8-15(17)18/h2-10,22H,1H3. The Morgan fingerprint density at radius 2 is 2.00 bits per heavy atom. The van der Waals surface area contributed by atoms with Crippen LogP contribution in [0, 0.1) is 6.92 Å². The molecule has 4 nitrogen and oxygen atoms in total. The summed E-state index contributed by atoms with van der Waals surface area (Å²) >= 11 is 1.57. The van der Waals surface area contributed by atoms with Gasteiger partial charge in [-0.05, 0) is 49.4 Å². The van der Waals surface area contributed by atoms with Gasteiger partial charge >= 0.3 is 0 Å². The summed E-state index contributed by atoms with van der Waals surface area (Å²) in [7, 11) is 0. The molecule has 0 saturated carbocycles. The summed E-state index contributed by atoms with van der Waals surface area (Å²) in [5.74, 6) is 1.47. The summed E-state index contributed by atoms with van der Waals surface area (Å²) in [4.78, 5) is 16.5. The summed E-state index contributed by atoms with van der Waals surface area (Å²) < 4.78 is 7.01. The van der Waals surface area contributed by atoms with E-state index in [0.29, 0.717) is 11.5 Å². The van der Waals surface area contributed by atoms with Crippen molar-refractivity contribution < 1.29 is 14.6 Å². The number of aldehydes is 1. The van der Waals surface area contributed by atoms with E-state index < -0.39 is 0 Å². The van der Waals surface area contributed by atoms with Gasteiger partial charge in [-0.2, -0.15) is 0 Å². The number of benzene rings is 2. The van der Waals surface area contributed by atoms with Gasteiger partial charge in [0.2, 0.25) is 0 Å². The van der Waals surface area contributed by atoms with E-state index in [0.717, 1.165) is 37.7 Å². The Balaban J connectivity index is 1.79. The van der Waals surface area contributed by atoms with Crippen LogP contribution in [0.4, 0.5) is 0 Å². The van der Waals surface area contributed by atoms with Crippen LogP contribution in [0.3, 0.4) is 0 Å². The number of hydrogen-bond acceptors (Lipinski definition) is 5. The molecule has 0 saturated heterocycles. The lowest BCUT2D eigenvalue weighted by Crippen LogP contribution is -1.87. The molecule has 0 aliphatic rings. The normalized spacial score (nSPS) is 11.0. The van der Waals surface area contributed by atoms with Crippen LogP contribution in [-0.2, 0) is 0 Å². The quantitative estimate of drug-likeness (QED) is 0.531. The number of fused-ring (bicyclic) bond motifs is 2. The number of nitrogens with zero attached hydrogens (tertiary/aromatic N) is 1. The van der Waals surface area contributed by atoms with Crippen molar-refractivity contribution in [1.29, 1.82) is 0 Å². The lowest BCUT2D eigenvalue weighted by Gasteiger charge is -2.09. The zero-order valence-electron chi connectivity index (χ0n) is 12.8. The van der Waals surface area contributed by atoms with Crippen LogP contribution in [0.5, 0.6) is 17.2 Å². The fourth-order valence-corrected chi connectivity index (χ4v) is 3.82. The average molecular weight is 335 g/mol. The second-order valence-electron chi connectivity index (χ2n) is 5.46. The minimum atomic E-state index is 0.167. The highest BCUT2D eigenvalue weighted by atomic mass is 32.1. The Bertz CT molecular complexity index is 1080. The highest BCUT2D eigenvalue weighted by Gasteiger charge is 2.10. The molecular formula is C19H13NO3S. The molecule has 4 aromatic rings. The van der Waals surface area contributed by atoms with Crippen molar-refractivity contribution in [3.8, 4) is 17.2 Å². The third-order valence-corrected chi connectivity index (χ3v) is 5.00. The molecular weight excluding hydrogens is 322 g/mol. The van der Waals surface area contributed by atoms with Crippen LogP contribution in [0.2, 0.25) is 0 Å². The molecule has 0 aliphatic heterocycles. The topological polar surface area (TPSA) is 59.4 Å². The number of phenolic OH excluding ortho intramolecular Hbond substituents is 1. The first-order valence-electron chi connectivity index (χ1n) is 7.39. The van der Waals surface area contributed by atoms with Gasteiger partial charge < -0.3 is 9.84 Å². The predicted molar refractivity (Wildman–Crippen MR) is 95.4 cm³/mol. The van der Waals surface area contributed by atoms with E-state index in [-0.39, 0.29) is 5.75 Å². The van der Waals surface area contributed by atoms with Crippen molar-refractivity contribution >= 4 is 38.6 Å². The molecule has 0 bridgehead atoms. The fourth-order valence-electron chi connectivity index (χ4n) is 2.75. The Morgan fingerprint density at radius 3 is 2.83 bits per heavy atom. The number of carbonyl (C=O) groups is 1. The van der Waals surface area contributed by atoms with Gasteiger partial charge in [0, 0.05) is 32.1 Å². The maximum absolute atomic E-state index is 11.2. The van der Waals surface area contributed by atoms with Gasteiger partial charge in [0.1, 0.15) is 17.2 Å². The molecule has 2 aromatic carbocycles. The maximum Gasteiger partial charge on any atom is 0.151 e. The third kappa shape index (κ3) is 2.39. The Morgan fingerprint density at radius 1 is 1.12 bits per heavy atom. The SMILES string of the molecule is Cc1sc2cc(Oc3ccnc4ccc(O)cc34)ccc2c1C=O. The molecule has 0 spiro atoms. The molecule has 118 valence electrons. The minimum Gasteiger partial charge on any atom is -0.508 e. The summed E-state index contributed by atoms with van der Waals surface area (Å²) in [5, 5.41) is 11.4. The van der Waals surface area contributed by atoms with E-state index >= 15 is 0 Å². The summed E-state index contributed by atoms with van der Waals surface area (Å²) in [6, 6.07) is 12.4. The highest BCUT2D eigenvalue weighted by Crippen LogP contribution is 2.35. The van der Waals surface area contributed by atoms with Crippen molar-refractivity contribution in [2.75, 3.05) is 0 Å². The molecule has 0 amide bonds. The van der Waals surface area contributed by atoms with Gasteiger partial charge in [-0.15, -0.1) is 11.3 Å². The lowest BCUT2D eigenvalue weighted by atomic mass is 10.1. The smallest absolute Gasteiger partial charge is 0.151 e. The number of rotatable bonds is 3. The van der Waals surface area contributed by atoms with Gasteiger partial charge in [-0.1, -0.05) is 0 Å². The van der Waals surface area contributed by atoms with Gasteiger partial charge in [0.25, 0.3) is 0 Å². The van der Waals surface area contributed by atoms with Crippen LogP contribution in [0.15, 0.2) is 48.7 Å². The van der Waals surface area contributed by atoms with Crippen molar-refractivity contribution in [3.63, 3.8) is 0 Å². The first kappa shape index (κ1) is 14.7. The van der Waals surface area contributed by atoms with Crippen LogP contribution in [-0.4, -0.2) is 16.4 Å². The van der Waals surface area contributed by atoms with E-state index in [1.165, 1.54) is 0 Å². The van der Waals surface area contributed by atoms with Crippen LogP contribution < -0.4 is 4.74 Å². The lowest BCUT2D eigenvalue weighted by molar-refractivity contribution is 0.112. The first-order chi connectivity index (χ1) is 11.7. The number of thiophene rings is 1. The molecule has 24 heavy (non-hydrogen) atoms. The number of aromatic nitrogens is 1. The van der Waals surface area contributed by atoms with E-state index in [4.69, 9.17) is 4.74 Å². The van der Waals surface area contributed by atoms with E-state index in [1.807, 2.05) is 25.1 Å². The molecule has 4 rings (SSSR count). The molecule has 0 fully saturated rings. The largest absolute Gasteiger partial charge is 0.508 e. The molecule has 2 heterocycles. The monoisotopic (exact) mass is 335 g/mol. The zero-order valence-corrected chi connectivity index (χ0v) is 13.6. The first-order valence-corrected chi connectivity index (χ1v) is 8.21. The molecule has 1 N–H and O–H groups in total. The third-order valence-electron chi connectivity index (χ3n) is 3.92. The fraction of sp³-hybridized carbons (Fsp3) is 0.0526. The number of aryl methyl sites for hydroxylation is 1. The molecule has 2 aromatic heterocycles. The van der Waals surface area contributed by atoms with Crippen molar-refractivity contribution in [3.05, 3.63) is 59.1 Å². The van der Waals surface area contributed by atoms with Crippen LogP contribution in [0.1, 0.15) is 15.2 Å². The summed E-state index contributed by atoms with van der Waals surface area (Å²) in [6.45, 7) is 1.94. The molecule has 5 heteroatoms. The van der Waals surface area contributed by atoms with Crippen molar-refractivity contribution in [2.45, 2.75) is 6.92 Å². The molecule has 0 unspecified atom stereocenters. The predicted octanol–water partition coefficient (Wildman–Crippen LogP) is 5.07. The Hall–Kier alpha value is -2.92. The van der Waals surface area contributed by atoms with Crippen molar-refractivity contribution in [1.82, 2.24) is 4.98 Å². The second kappa shape index (κ2) is 5.62. The number of aromatic hydroxyl groups is 1. The maximum atomic E-state index is 11.2. The van der Waals surface area contributed by atoms with E-state index in [1.54, 1.807) is 41.8 Å². The van der Waals surface area contributed by atoms with Crippen molar-refractivity contribution in [2.24, 2.45) is 0 Å². The number of carbonyl (C=O) groups excluding carboxylic acids is 1. The van der Waals surface area contributed by atoms with Gasteiger partial charge in [-0.3, -0.25) is 9.78 Å². The summed E-state index contributed by atoms with van der Waals surface area (Å²) in [5.41, 5.74) is 1.49. The van der Waals surface area contributed by atoms with E-state index in [9.17, 15) is 9.90 Å². The molecule has 0 atom stereocenters. The second-order valence-corrected chi connectivity index (χ2v) is 6.72. The van der Waals surface area contributed by atoms with Gasteiger partial charge in [0.05, 0.1) is 5.52 Å². The minimum absolute atomic E-state index is 0.167. The van der Waals surface area contributed by atoms with Gasteiger partial charge in [-0.25, -0.2) is 0 Å². The average Bonchev–Trinajstić information content (AvgIpc) is 2.89. The van der Waals surface area contributed by atoms with Gasteiger partial charge in [0.15, 0.2) is 6.29 Å². The number of ether oxygens (including phenoxy) is 1. The zero-order chi connectivity index (χ0) is 16.7.